The smallest absolute Gasteiger partial charge is 0.142 e. The van der Waals surface area contributed by atoms with Crippen molar-refractivity contribution >= 4 is 43.2 Å². The van der Waals surface area contributed by atoms with Gasteiger partial charge in [-0.05, 0) is 62.5 Å². The number of hydrogen-bond acceptors (Lipinski definition) is 4. The van der Waals surface area contributed by atoms with Crippen LogP contribution in [0.4, 0.5) is 0 Å². The van der Waals surface area contributed by atoms with Crippen LogP contribution in [0.25, 0.3) is 0 Å². The molecule has 2 rings (SSSR count). The molecular formula is C14H14Br2O3S. The van der Waals surface area contributed by atoms with E-state index in [1.54, 1.807) is 20.3 Å². The number of aliphatic hydroxyl groups excluding tert-OH is 1. The summed E-state index contributed by atoms with van der Waals surface area (Å²) < 4.78 is 12.4. The fourth-order valence-corrected chi connectivity index (χ4v) is 4.17. The molecule has 0 saturated heterocycles. The molecule has 2 aromatic rings. The third-order valence-electron chi connectivity index (χ3n) is 2.96. The molecule has 0 fully saturated rings. The average molecular weight is 422 g/mol. The van der Waals surface area contributed by atoms with E-state index in [0.717, 1.165) is 14.2 Å². The molecular weight excluding hydrogens is 408 g/mol. The van der Waals surface area contributed by atoms with E-state index < -0.39 is 6.10 Å². The van der Waals surface area contributed by atoms with Crippen LogP contribution in [0.15, 0.2) is 26.5 Å². The minimum Gasteiger partial charge on any atom is -0.495 e. The van der Waals surface area contributed by atoms with Crippen molar-refractivity contribution in [1.29, 1.82) is 0 Å². The van der Waals surface area contributed by atoms with Gasteiger partial charge in [0, 0.05) is 10.4 Å². The molecule has 0 amide bonds. The molecule has 0 bridgehead atoms. The van der Waals surface area contributed by atoms with Crippen molar-refractivity contribution < 1.29 is 14.6 Å². The molecule has 0 aliphatic heterocycles. The molecule has 1 unspecified atom stereocenters. The summed E-state index contributed by atoms with van der Waals surface area (Å²) >= 11 is 8.44. The maximum Gasteiger partial charge on any atom is 0.142 e. The first-order valence-electron chi connectivity index (χ1n) is 5.83. The summed E-state index contributed by atoms with van der Waals surface area (Å²) in [6.45, 7) is 2.00. The molecule has 1 heterocycles. The molecule has 3 nitrogen and oxygen atoms in total. The van der Waals surface area contributed by atoms with Crippen molar-refractivity contribution in [2.24, 2.45) is 0 Å². The van der Waals surface area contributed by atoms with Gasteiger partial charge in [0.15, 0.2) is 0 Å². The number of benzene rings is 1. The third kappa shape index (κ3) is 2.88. The Labute approximate surface area is 138 Å². The zero-order chi connectivity index (χ0) is 14.9. The van der Waals surface area contributed by atoms with Crippen LogP contribution in [-0.2, 0) is 0 Å². The lowest BCUT2D eigenvalue weighted by molar-refractivity contribution is 0.218. The van der Waals surface area contributed by atoms with Crippen LogP contribution in [-0.4, -0.2) is 19.3 Å². The van der Waals surface area contributed by atoms with Gasteiger partial charge in [0.25, 0.3) is 0 Å². The summed E-state index contributed by atoms with van der Waals surface area (Å²) in [7, 11) is 3.17. The third-order valence-corrected chi connectivity index (χ3v) is 5.90. The standard InChI is InChI=1S/C14H14Br2O3S/c1-7-6-10(20-14(7)16)12(17)8-4-5-9(18-2)11(15)13(8)19-3/h4-6,12,17H,1-3H3. The molecule has 6 heteroatoms. The molecule has 0 spiro atoms. The van der Waals surface area contributed by atoms with E-state index in [4.69, 9.17) is 9.47 Å². The molecule has 0 aliphatic carbocycles. The Balaban J connectivity index is 2.49. The molecule has 0 aliphatic rings. The molecule has 1 N–H and O–H groups in total. The van der Waals surface area contributed by atoms with E-state index in [-0.39, 0.29) is 0 Å². The van der Waals surface area contributed by atoms with E-state index in [9.17, 15) is 5.11 Å². The Morgan fingerprint density at radius 3 is 2.40 bits per heavy atom. The largest absolute Gasteiger partial charge is 0.495 e. The molecule has 20 heavy (non-hydrogen) atoms. The fraction of sp³-hybridized carbons (Fsp3) is 0.286. The fourth-order valence-electron chi connectivity index (χ4n) is 1.90. The van der Waals surface area contributed by atoms with Gasteiger partial charge in [0.2, 0.25) is 0 Å². The summed E-state index contributed by atoms with van der Waals surface area (Å²) in [5, 5.41) is 10.6. The van der Waals surface area contributed by atoms with E-state index in [0.29, 0.717) is 21.5 Å². The minimum absolute atomic E-state index is 0.582. The zero-order valence-corrected chi connectivity index (χ0v) is 15.2. The van der Waals surface area contributed by atoms with Crippen molar-refractivity contribution in [2.45, 2.75) is 13.0 Å². The normalized spacial score (nSPS) is 12.3. The van der Waals surface area contributed by atoms with Crippen LogP contribution < -0.4 is 9.47 Å². The summed E-state index contributed by atoms with van der Waals surface area (Å²) in [4.78, 5) is 0.866. The second kappa shape index (κ2) is 6.47. The van der Waals surface area contributed by atoms with E-state index in [1.165, 1.54) is 11.3 Å². The quantitative estimate of drug-likeness (QED) is 0.778. The first-order valence-corrected chi connectivity index (χ1v) is 8.24. The number of halogens is 2. The number of thiophene rings is 1. The van der Waals surface area contributed by atoms with E-state index >= 15 is 0 Å². The van der Waals surface area contributed by atoms with Gasteiger partial charge >= 0.3 is 0 Å². The van der Waals surface area contributed by atoms with Gasteiger partial charge in [-0.2, -0.15) is 0 Å². The predicted molar refractivity (Wildman–Crippen MR) is 88.1 cm³/mol. The number of aliphatic hydroxyl groups is 1. The second-order valence-corrected chi connectivity index (χ2v) is 7.41. The highest BCUT2D eigenvalue weighted by Crippen LogP contribution is 2.43. The van der Waals surface area contributed by atoms with Crippen LogP contribution in [0.5, 0.6) is 11.5 Å². The number of aryl methyl sites for hydroxylation is 1. The monoisotopic (exact) mass is 420 g/mol. The van der Waals surface area contributed by atoms with Gasteiger partial charge in [-0.3, -0.25) is 0 Å². The molecule has 1 aromatic heterocycles. The van der Waals surface area contributed by atoms with Crippen molar-refractivity contribution in [3.05, 3.63) is 42.5 Å². The molecule has 1 aromatic carbocycles. The maximum absolute atomic E-state index is 10.6. The lowest BCUT2D eigenvalue weighted by Crippen LogP contribution is -2.02. The van der Waals surface area contributed by atoms with Crippen LogP contribution in [0.2, 0.25) is 0 Å². The Morgan fingerprint density at radius 1 is 1.20 bits per heavy atom. The molecule has 0 saturated carbocycles. The summed E-state index contributed by atoms with van der Waals surface area (Å²) in [5.41, 5.74) is 1.81. The number of rotatable bonds is 4. The van der Waals surface area contributed by atoms with Crippen LogP contribution in [0, 0.1) is 6.92 Å². The molecule has 108 valence electrons. The van der Waals surface area contributed by atoms with Crippen LogP contribution in [0.3, 0.4) is 0 Å². The summed E-state index contributed by atoms with van der Waals surface area (Å²) in [6.07, 6.45) is -0.734. The average Bonchev–Trinajstić information content (AvgIpc) is 2.77. The molecule has 1 atom stereocenters. The van der Waals surface area contributed by atoms with E-state index in [1.807, 2.05) is 19.1 Å². The second-order valence-electron chi connectivity index (χ2n) is 4.21. The lowest BCUT2D eigenvalue weighted by Gasteiger charge is -2.16. The highest BCUT2D eigenvalue weighted by molar-refractivity contribution is 9.11. The number of methoxy groups -OCH3 is 2. The van der Waals surface area contributed by atoms with Gasteiger partial charge in [-0.15, -0.1) is 11.3 Å². The Bertz CT molecular complexity index is 606. The van der Waals surface area contributed by atoms with Crippen molar-refractivity contribution in [1.82, 2.24) is 0 Å². The van der Waals surface area contributed by atoms with Crippen molar-refractivity contribution in [3.8, 4) is 11.5 Å². The van der Waals surface area contributed by atoms with Gasteiger partial charge in [0.1, 0.15) is 22.1 Å². The van der Waals surface area contributed by atoms with Crippen molar-refractivity contribution in [2.75, 3.05) is 14.2 Å². The van der Waals surface area contributed by atoms with Crippen LogP contribution >= 0.6 is 43.2 Å². The Hall–Kier alpha value is -0.560. The van der Waals surface area contributed by atoms with Gasteiger partial charge < -0.3 is 14.6 Å². The maximum atomic E-state index is 10.6. The van der Waals surface area contributed by atoms with E-state index in [2.05, 4.69) is 31.9 Å². The SMILES string of the molecule is COc1ccc(C(O)c2cc(C)c(Br)s2)c(OC)c1Br. The van der Waals surface area contributed by atoms with Crippen molar-refractivity contribution in [3.63, 3.8) is 0 Å². The first kappa shape index (κ1) is 15.8. The van der Waals surface area contributed by atoms with Gasteiger partial charge in [-0.25, -0.2) is 0 Å². The van der Waals surface area contributed by atoms with Gasteiger partial charge in [-0.1, -0.05) is 0 Å². The first-order chi connectivity index (χ1) is 9.49. The number of hydrogen-bond donors (Lipinski definition) is 1. The Morgan fingerprint density at radius 2 is 1.90 bits per heavy atom. The summed E-state index contributed by atoms with van der Waals surface area (Å²) in [5.74, 6) is 1.25. The van der Waals surface area contributed by atoms with Gasteiger partial charge in [0.05, 0.1) is 18.0 Å². The highest BCUT2D eigenvalue weighted by Gasteiger charge is 2.22. The zero-order valence-electron chi connectivity index (χ0n) is 11.2. The topological polar surface area (TPSA) is 38.7 Å². The summed E-state index contributed by atoms with van der Waals surface area (Å²) in [6, 6.07) is 5.59. The highest BCUT2D eigenvalue weighted by atomic mass is 79.9. The Kier molecular flexibility index (Phi) is 5.12. The minimum atomic E-state index is -0.734. The molecule has 0 radical (unpaired) electrons. The predicted octanol–water partition coefficient (Wildman–Crippen LogP) is 4.68. The van der Waals surface area contributed by atoms with Crippen LogP contribution in [0.1, 0.15) is 22.1 Å². The lowest BCUT2D eigenvalue weighted by atomic mass is 10.1. The number of ether oxygens (including phenoxy) is 2.